The average Bonchev–Trinajstić information content (AvgIpc) is 3.55. The first kappa shape index (κ1) is 27.2. The number of hydrogen-bond donors (Lipinski definition) is 3. The summed E-state index contributed by atoms with van der Waals surface area (Å²) in [6.07, 6.45) is 3.84. The Labute approximate surface area is 245 Å². The molecule has 4 aliphatic heterocycles. The molecule has 4 aliphatic rings. The lowest BCUT2D eigenvalue weighted by Gasteiger charge is -2.50. The second-order valence-corrected chi connectivity index (χ2v) is 13.2. The Hall–Kier alpha value is -1.99. The van der Waals surface area contributed by atoms with Gasteiger partial charge in [-0.3, -0.25) is 15.0 Å². The summed E-state index contributed by atoms with van der Waals surface area (Å²) in [5, 5.41) is 26.4. The summed E-state index contributed by atoms with van der Waals surface area (Å²) in [5.41, 5.74) is 1.20. The molecule has 208 valence electrons. The zero-order valence-electron chi connectivity index (χ0n) is 21.4. The van der Waals surface area contributed by atoms with E-state index in [2.05, 4.69) is 27.1 Å². The maximum atomic E-state index is 13.2. The summed E-state index contributed by atoms with van der Waals surface area (Å²) in [5.74, 6) is 0.121. The van der Waals surface area contributed by atoms with Crippen molar-refractivity contribution in [3.63, 3.8) is 0 Å². The number of aromatic nitrogens is 2. The summed E-state index contributed by atoms with van der Waals surface area (Å²) in [7, 11) is 2.19. The summed E-state index contributed by atoms with van der Waals surface area (Å²) in [6, 6.07) is 4.48. The first-order chi connectivity index (χ1) is 18.8. The topological polar surface area (TPSA) is 105 Å². The van der Waals surface area contributed by atoms with Crippen LogP contribution in [0.2, 0.25) is 10.0 Å². The number of carbonyl (C=O) groups is 1. The minimum absolute atomic E-state index is 0.149. The predicted molar refractivity (Wildman–Crippen MR) is 158 cm³/mol. The molecule has 1 amide bonds. The van der Waals surface area contributed by atoms with E-state index in [1.807, 2.05) is 16.3 Å². The third-order valence-electron chi connectivity index (χ3n) is 8.04. The maximum absolute atomic E-state index is 13.2. The molecule has 0 radical (unpaired) electrons. The number of halogens is 2. The molecule has 7 heterocycles. The van der Waals surface area contributed by atoms with Crippen LogP contribution >= 0.6 is 45.9 Å². The number of thiazole rings is 1. The average molecular weight is 610 g/mol. The van der Waals surface area contributed by atoms with Gasteiger partial charge in [0.2, 0.25) is 0 Å². The van der Waals surface area contributed by atoms with Gasteiger partial charge in [-0.05, 0) is 44.9 Å². The molecule has 0 aliphatic carbocycles. The summed E-state index contributed by atoms with van der Waals surface area (Å²) in [4.78, 5) is 30.4. The highest BCUT2D eigenvalue weighted by Crippen LogP contribution is 2.45. The van der Waals surface area contributed by atoms with Crippen LogP contribution in [0.3, 0.4) is 0 Å². The van der Waals surface area contributed by atoms with Crippen LogP contribution in [-0.4, -0.2) is 82.6 Å². The maximum Gasteiger partial charge on any atom is 0.259 e. The lowest BCUT2D eigenvalue weighted by molar-refractivity contribution is -0.0893. The van der Waals surface area contributed by atoms with Crippen molar-refractivity contribution in [2.75, 3.05) is 48.3 Å². The van der Waals surface area contributed by atoms with Gasteiger partial charge in [0.15, 0.2) is 11.4 Å². The molecule has 0 saturated carbocycles. The van der Waals surface area contributed by atoms with Gasteiger partial charge in [0.25, 0.3) is 5.91 Å². The van der Waals surface area contributed by atoms with Crippen LogP contribution in [0.25, 0.3) is 10.6 Å². The highest BCUT2D eigenvalue weighted by Gasteiger charge is 2.39. The molecular weight excluding hydrogens is 579 g/mol. The monoisotopic (exact) mass is 608 g/mol. The van der Waals surface area contributed by atoms with E-state index < -0.39 is 6.29 Å². The Morgan fingerprint density at radius 3 is 2.51 bits per heavy atom. The van der Waals surface area contributed by atoms with E-state index in [9.17, 15) is 15.0 Å². The lowest BCUT2D eigenvalue weighted by atomic mass is 9.91. The number of hydrogen-bond acceptors (Lipinski definition) is 10. The van der Waals surface area contributed by atoms with E-state index >= 15 is 0 Å². The van der Waals surface area contributed by atoms with Crippen molar-refractivity contribution in [2.45, 2.75) is 44.1 Å². The van der Waals surface area contributed by atoms with Gasteiger partial charge in [-0.1, -0.05) is 34.5 Å². The number of nitrogens with zero attached hydrogens (tertiary/aromatic N) is 5. The van der Waals surface area contributed by atoms with Crippen molar-refractivity contribution < 1.29 is 15.0 Å². The number of aliphatic hydroxyl groups is 2. The number of likely N-dealkylation sites (N-methyl/N-ethyl adjacent to an activating group) is 1. The predicted octanol–water partition coefficient (Wildman–Crippen LogP) is 4.64. The summed E-state index contributed by atoms with van der Waals surface area (Å²) in [6.45, 7) is 3.19. The Bertz CT molecular complexity index is 1360. The molecule has 2 atom stereocenters. The molecule has 7 rings (SSSR count). The van der Waals surface area contributed by atoms with E-state index in [1.165, 1.54) is 24.0 Å². The number of thiophene rings is 1. The number of rotatable bonds is 6. The summed E-state index contributed by atoms with van der Waals surface area (Å²) >= 11 is 15.9. The minimum atomic E-state index is -1.31. The number of pyridine rings is 1. The van der Waals surface area contributed by atoms with Gasteiger partial charge in [0, 0.05) is 55.8 Å². The van der Waals surface area contributed by atoms with E-state index in [-0.39, 0.29) is 11.8 Å². The molecule has 13 heteroatoms. The van der Waals surface area contributed by atoms with Crippen LogP contribution in [0, 0.1) is 5.92 Å². The van der Waals surface area contributed by atoms with Crippen LogP contribution < -0.4 is 15.1 Å². The van der Waals surface area contributed by atoms with Gasteiger partial charge in [0.1, 0.15) is 16.5 Å². The van der Waals surface area contributed by atoms with Gasteiger partial charge in [-0.25, -0.2) is 9.97 Å². The molecule has 0 spiro atoms. The Morgan fingerprint density at radius 1 is 1.13 bits per heavy atom. The van der Waals surface area contributed by atoms with Crippen LogP contribution in [0.15, 0.2) is 23.7 Å². The fraction of sp³-hybridized carbons (Fsp3) is 0.500. The Morgan fingerprint density at radius 2 is 1.90 bits per heavy atom. The fourth-order valence-corrected chi connectivity index (χ4v) is 8.28. The van der Waals surface area contributed by atoms with Gasteiger partial charge in [-0.2, -0.15) is 0 Å². The van der Waals surface area contributed by atoms with Gasteiger partial charge in [-0.15, -0.1) is 11.3 Å². The molecule has 9 nitrogen and oxygen atoms in total. The minimum Gasteiger partial charge on any atom is -0.368 e. The van der Waals surface area contributed by atoms with Crippen molar-refractivity contribution in [2.24, 2.45) is 5.92 Å². The van der Waals surface area contributed by atoms with Crippen LogP contribution in [0.5, 0.6) is 0 Å². The quantitative estimate of drug-likeness (QED) is 0.348. The van der Waals surface area contributed by atoms with Gasteiger partial charge >= 0.3 is 0 Å². The molecule has 3 N–H and O–H groups in total. The fourth-order valence-electron chi connectivity index (χ4n) is 5.81. The van der Waals surface area contributed by atoms with Crippen molar-refractivity contribution in [3.05, 3.63) is 39.3 Å². The Kier molecular flexibility index (Phi) is 7.75. The molecule has 4 fully saturated rings. The third kappa shape index (κ3) is 5.50. The van der Waals surface area contributed by atoms with Crippen LogP contribution in [-0.2, 0) is 0 Å². The SMILES string of the molecule is CN1CC2CCC1CN2c1sc(NC(=O)c2cnc(N3CCC(C(O)O)CC3)c(Cl)c2)nc1-c1cc(Cl)cs1. The standard InChI is InChI=1S/C26H30Cl2N6O3S2/c1-32-11-18-3-2-17(32)12-34(18)24-21(20-9-16(27)13-38-20)30-26(39-24)31-23(35)15-8-19(28)22(29-10-15)33-6-4-14(5-7-33)25(36)37/h8-10,13-14,17-18,25,36-37H,2-7,11-12H2,1H3,(H,30,31,35). The normalized spacial score (nSPS) is 22.2. The van der Waals surface area contributed by atoms with E-state index in [0.29, 0.717) is 64.6 Å². The first-order valence-electron chi connectivity index (χ1n) is 13.1. The molecule has 2 bridgehead atoms. The number of aliphatic hydroxyl groups excluding tert-OH is 1. The van der Waals surface area contributed by atoms with Crippen LogP contribution in [0.1, 0.15) is 36.0 Å². The number of fused-ring (bicyclic) bond motifs is 3. The molecule has 2 unspecified atom stereocenters. The number of piperidine rings is 3. The number of nitrogens with one attached hydrogen (secondary N) is 1. The van der Waals surface area contributed by atoms with Crippen molar-refractivity contribution in [1.82, 2.24) is 14.9 Å². The number of carbonyl (C=O) groups excluding carboxylic acids is 1. The molecule has 3 aromatic rings. The zero-order chi connectivity index (χ0) is 27.3. The highest BCUT2D eigenvalue weighted by molar-refractivity contribution is 7.21. The molecule has 0 aromatic carbocycles. The molecular formula is C26H30Cl2N6O3S2. The summed E-state index contributed by atoms with van der Waals surface area (Å²) < 4.78 is 0. The van der Waals surface area contributed by atoms with Gasteiger partial charge in [0.05, 0.1) is 20.5 Å². The van der Waals surface area contributed by atoms with Crippen molar-refractivity contribution in [3.8, 4) is 10.6 Å². The Balaban J connectivity index is 1.21. The second kappa shape index (κ2) is 11.1. The molecule has 3 aromatic heterocycles. The third-order valence-corrected chi connectivity index (χ3v) is 10.6. The van der Waals surface area contributed by atoms with Crippen LogP contribution in [0.4, 0.5) is 16.0 Å². The first-order valence-corrected chi connectivity index (χ1v) is 15.5. The number of piperazine rings is 1. The second-order valence-electron chi connectivity index (χ2n) is 10.5. The number of amides is 1. The zero-order valence-corrected chi connectivity index (χ0v) is 24.5. The lowest BCUT2D eigenvalue weighted by Crippen LogP contribution is -2.61. The van der Waals surface area contributed by atoms with E-state index in [0.717, 1.165) is 35.1 Å². The van der Waals surface area contributed by atoms with Crippen molar-refractivity contribution >= 4 is 67.7 Å². The number of anilines is 3. The van der Waals surface area contributed by atoms with E-state index in [4.69, 9.17) is 28.2 Å². The smallest absolute Gasteiger partial charge is 0.259 e. The van der Waals surface area contributed by atoms with E-state index in [1.54, 1.807) is 17.4 Å². The molecule has 39 heavy (non-hydrogen) atoms. The molecule has 4 saturated heterocycles. The largest absolute Gasteiger partial charge is 0.368 e. The highest BCUT2D eigenvalue weighted by atomic mass is 35.5. The van der Waals surface area contributed by atoms with Gasteiger partial charge < -0.3 is 20.0 Å². The van der Waals surface area contributed by atoms with Crippen molar-refractivity contribution in [1.29, 1.82) is 0 Å².